The highest BCUT2D eigenvalue weighted by atomic mass is 79.9. The number of halogens is 2. The average Bonchev–Trinajstić information content (AvgIpc) is 2.56. The first-order valence-corrected chi connectivity index (χ1v) is 8.23. The van der Waals surface area contributed by atoms with E-state index in [2.05, 4.69) is 25.9 Å². The van der Waals surface area contributed by atoms with Crippen molar-refractivity contribution in [2.24, 2.45) is 7.05 Å². The SMILES string of the molecule is Cn1ncc(N2CCC(Oc3ccc(F)cc3)CC2)c(Br)c1=O. The molecule has 0 amide bonds. The molecule has 7 heteroatoms. The summed E-state index contributed by atoms with van der Waals surface area (Å²) < 4.78 is 20.6. The molecule has 2 aromatic rings. The molecular formula is C16H17BrFN3O2. The van der Waals surface area contributed by atoms with Gasteiger partial charge in [-0.25, -0.2) is 9.07 Å². The van der Waals surface area contributed by atoms with Crippen LogP contribution in [0.3, 0.4) is 0 Å². The maximum absolute atomic E-state index is 12.9. The highest BCUT2D eigenvalue weighted by Crippen LogP contribution is 2.26. The van der Waals surface area contributed by atoms with Crippen molar-refractivity contribution in [1.82, 2.24) is 9.78 Å². The lowest BCUT2D eigenvalue weighted by Gasteiger charge is -2.33. The van der Waals surface area contributed by atoms with Gasteiger partial charge in [0.2, 0.25) is 0 Å². The second-order valence-electron chi connectivity index (χ2n) is 5.53. The van der Waals surface area contributed by atoms with Crippen LogP contribution in [0.15, 0.2) is 39.7 Å². The molecule has 0 atom stereocenters. The highest BCUT2D eigenvalue weighted by molar-refractivity contribution is 9.10. The third kappa shape index (κ3) is 3.55. The first-order chi connectivity index (χ1) is 11.0. The van der Waals surface area contributed by atoms with Gasteiger partial charge >= 0.3 is 0 Å². The molecule has 1 fully saturated rings. The Hall–Kier alpha value is -1.89. The van der Waals surface area contributed by atoms with E-state index in [0.29, 0.717) is 10.2 Å². The van der Waals surface area contributed by atoms with Crippen LogP contribution in [0.1, 0.15) is 12.8 Å². The van der Waals surface area contributed by atoms with Gasteiger partial charge in [-0.15, -0.1) is 0 Å². The molecule has 3 rings (SSSR count). The molecule has 1 aliphatic rings. The van der Waals surface area contributed by atoms with E-state index in [1.165, 1.54) is 16.8 Å². The second-order valence-corrected chi connectivity index (χ2v) is 6.32. The van der Waals surface area contributed by atoms with Crippen molar-refractivity contribution in [2.75, 3.05) is 18.0 Å². The van der Waals surface area contributed by atoms with Crippen LogP contribution in [0, 0.1) is 5.82 Å². The minimum atomic E-state index is -0.268. The first kappa shape index (κ1) is 16.0. The number of aromatic nitrogens is 2. The van der Waals surface area contributed by atoms with Crippen molar-refractivity contribution in [3.63, 3.8) is 0 Å². The number of nitrogens with zero attached hydrogens (tertiary/aromatic N) is 3. The Labute approximate surface area is 141 Å². The normalized spacial score (nSPS) is 15.7. The van der Waals surface area contributed by atoms with Gasteiger partial charge in [0.15, 0.2) is 0 Å². The van der Waals surface area contributed by atoms with E-state index in [9.17, 15) is 9.18 Å². The van der Waals surface area contributed by atoms with Crippen molar-refractivity contribution in [1.29, 1.82) is 0 Å². The predicted molar refractivity (Wildman–Crippen MR) is 89.4 cm³/mol. The van der Waals surface area contributed by atoms with Gasteiger partial charge in [0.05, 0.1) is 11.9 Å². The first-order valence-electron chi connectivity index (χ1n) is 7.43. The number of piperidine rings is 1. The van der Waals surface area contributed by atoms with Crippen LogP contribution in [0.25, 0.3) is 0 Å². The Balaban J connectivity index is 1.63. The van der Waals surface area contributed by atoms with Crippen LogP contribution < -0.4 is 15.2 Å². The monoisotopic (exact) mass is 381 g/mol. The molecule has 2 heterocycles. The van der Waals surface area contributed by atoms with Gasteiger partial charge in [-0.1, -0.05) is 0 Å². The molecule has 0 radical (unpaired) electrons. The summed E-state index contributed by atoms with van der Waals surface area (Å²) in [5, 5.41) is 4.08. The molecule has 0 spiro atoms. The minimum absolute atomic E-state index is 0.0926. The summed E-state index contributed by atoms with van der Waals surface area (Å²) in [6.45, 7) is 1.55. The summed E-state index contributed by atoms with van der Waals surface area (Å²) in [7, 11) is 1.62. The number of aryl methyl sites for hydroxylation is 1. The lowest BCUT2D eigenvalue weighted by Crippen LogP contribution is -2.39. The summed E-state index contributed by atoms with van der Waals surface area (Å²) in [5.41, 5.74) is 0.667. The summed E-state index contributed by atoms with van der Waals surface area (Å²) in [4.78, 5) is 14.1. The number of hydrogen-bond acceptors (Lipinski definition) is 4. The lowest BCUT2D eigenvalue weighted by molar-refractivity contribution is 0.170. The summed E-state index contributed by atoms with van der Waals surface area (Å²) >= 11 is 3.36. The van der Waals surface area contributed by atoms with Crippen molar-refractivity contribution < 1.29 is 9.13 Å². The van der Waals surface area contributed by atoms with Gasteiger partial charge in [0.25, 0.3) is 5.56 Å². The van der Waals surface area contributed by atoms with Crippen LogP contribution in [0.4, 0.5) is 10.1 Å². The van der Waals surface area contributed by atoms with E-state index in [1.54, 1.807) is 25.4 Å². The van der Waals surface area contributed by atoms with Crippen LogP contribution in [-0.2, 0) is 7.05 Å². The van der Waals surface area contributed by atoms with Crippen LogP contribution in [-0.4, -0.2) is 29.0 Å². The largest absolute Gasteiger partial charge is 0.490 e. The molecule has 0 N–H and O–H groups in total. The highest BCUT2D eigenvalue weighted by Gasteiger charge is 2.23. The summed E-state index contributed by atoms with van der Waals surface area (Å²) in [6.07, 6.45) is 3.46. The smallest absolute Gasteiger partial charge is 0.282 e. The number of anilines is 1. The molecule has 0 unspecified atom stereocenters. The Morgan fingerprint density at radius 1 is 1.26 bits per heavy atom. The van der Waals surface area contributed by atoms with E-state index in [1.807, 2.05) is 0 Å². The molecule has 122 valence electrons. The third-order valence-electron chi connectivity index (χ3n) is 3.96. The van der Waals surface area contributed by atoms with Crippen LogP contribution >= 0.6 is 15.9 Å². The van der Waals surface area contributed by atoms with Gasteiger partial charge in [0, 0.05) is 33.0 Å². The molecule has 23 heavy (non-hydrogen) atoms. The Bertz CT molecular complexity index is 740. The predicted octanol–water partition coefficient (Wildman–Crippen LogP) is 2.73. The van der Waals surface area contributed by atoms with E-state index in [0.717, 1.165) is 31.6 Å². The van der Waals surface area contributed by atoms with E-state index < -0.39 is 0 Å². The van der Waals surface area contributed by atoms with Crippen LogP contribution in [0.2, 0.25) is 0 Å². The number of ether oxygens (including phenoxy) is 1. The van der Waals surface area contributed by atoms with E-state index in [4.69, 9.17) is 4.74 Å². The average molecular weight is 382 g/mol. The fourth-order valence-electron chi connectivity index (χ4n) is 2.64. The van der Waals surface area contributed by atoms with Crippen molar-refractivity contribution in [3.8, 4) is 5.75 Å². The lowest BCUT2D eigenvalue weighted by atomic mass is 10.1. The Morgan fingerprint density at radius 2 is 1.91 bits per heavy atom. The standard InChI is InChI=1S/C16H17BrFN3O2/c1-20-16(22)15(17)14(10-19-20)21-8-6-13(7-9-21)23-12-4-2-11(18)3-5-12/h2-5,10,13H,6-9H2,1H3. The maximum Gasteiger partial charge on any atom is 0.282 e. The zero-order valence-electron chi connectivity index (χ0n) is 12.7. The fraction of sp³-hybridized carbons (Fsp3) is 0.375. The molecule has 1 aromatic heterocycles. The number of rotatable bonds is 3. The van der Waals surface area contributed by atoms with Gasteiger partial charge < -0.3 is 9.64 Å². The van der Waals surface area contributed by atoms with Gasteiger partial charge in [0.1, 0.15) is 22.1 Å². The summed E-state index contributed by atoms with van der Waals surface area (Å²) in [5.74, 6) is 0.413. The molecule has 1 aromatic carbocycles. The quantitative estimate of drug-likeness (QED) is 0.819. The van der Waals surface area contributed by atoms with Gasteiger partial charge in [-0.2, -0.15) is 5.10 Å². The topological polar surface area (TPSA) is 47.4 Å². The van der Waals surface area contributed by atoms with Gasteiger partial charge in [-0.05, 0) is 40.2 Å². The molecule has 0 bridgehead atoms. The molecule has 0 aliphatic carbocycles. The Kier molecular flexibility index (Phi) is 4.66. The second kappa shape index (κ2) is 6.70. The van der Waals surface area contributed by atoms with E-state index >= 15 is 0 Å². The Morgan fingerprint density at radius 3 is 2.57 bits per heavy atom. The summed E-state index contributed by atoms with van der Waals surface area (Å²) in [6, 6.07) is 6.08. The number of benzene rings is 1. The maximum atomic E-state index is 12.9. The van der Waals surface area contributed by atoms with Crippen molar-refractivity contribution in [3.05, 3.63) is 51.1 Å². The van der Waals surface area contributed by atoms with Gasteiger partial charge in [-0.3, -0.25) is 4.79 Å². The number of hydrogen-bond donors (Lipinski definition) is 0. The van der Waals surface area contributed by atoms with Crippen LogP contribution in [0.5, 0.6) is 5.75 Å². The molecule has 1 saturated heterocycles. The van der Waals surface area contributed by atoms with Crippen molar-refractivity contribution >= 4 is 21.6 Å². The third-order valence-corrected chi connectivity index (χ3v) is 4.70. The molecule has 0 saturated carbocycles. The molecular weight excluding hydrogens is 365 g/mol. The molecule has 5 nitrogen and oxygen atoms in total. The zero-order chi connectivity index (χ0) is 16.4. The fourth-order valence-corrected chi connectivity index (χ4v) is 3.25. The zero-order valence-corrected chi connectivity index (χ0v) is 14.3. The minimum Gasteiger partial charge on any atom is -0.490 e. The van der Waals surface area contributed by atoms with E-state index in [-0.39, 0.29) is 17.5 Å². The molecule has 1 aliphatic heterocycles. The van der Waals surface area contributed by atoms with Crippen molar-refractivity contribution in [2.45, 2.75) is 18.9 Å².